The van der Waals surface area contributed by atoms with Crippen LogP contribution in [0.3, 0.4) is 0 Å². The molecule has 5 nitrogen and oxygen atoms in total. The van der Waals surface area contributed by atoms with Gasteiger partial charge in [-0.05, 0) is 51.6 Å². The molecule has 4 aromatic carbocycles. The maximum absolute atomic E-state index is 13.1. The summed E-state index contributed by atoms with van der Waals surface area (Å²) in [4.78, 5) is 4.96. The molecule has 2 heterocycles. The number of benzene rings is 4. The Labute approximate surface area is 248 Å². The molecule has 6 aromatic rings. The van der Waals surface area contributed by atoms with Crippen molar-refractivity contribution in [3.05, 3.63) is 121 Å². The number of fused-ring (bicyclic) bond motifs is 3. The van der Waals surface area contributed by atoms with E-state index in [1.165, 1.54) is 11.6 Å². The first-order chi connectivity index (χ1) is 18.7. The molecule has 0 radical (unpaired) electrons. The number of para-hydroxylation sites is 1. The summed E-state index contributed by atoms with van der Waals surface area (Å²) in [7, 11) is -3.72. The molecule has 0 saturated carbocycles. The van der Waals surface area contributed by atoms with E-state index in [4.69, 9.17) is 9.72 Å². The number of nitrogens with zero attached hydrogens (tertiary/aromatic N) is 2. The van der Waals surface area contributed by atoms with E-state index in [-0.39, 0.29) is 42.0 Å². The fourth-order valence-corrected chi connectivity index (χ4v) is 5.93. The van der Waals surface area contributed by atoms with Crippen LogP contribution in [-0.2, 0) is 36.3 Å². The summed E-state index contributed by atoms with van der Waals surface area (Å²) < 4.78 is 34.4. The summed E-state index contributed by atoms with van der Waals surface area (Å²) >= 11 is 0. The molecule has 7 heteroatoms. The number of ether oxygens (including phenoxy) is 1. The quantitative estimate of drug-likeness (QED) is 0.171. The summed E-state index contributed by atoms with van der Waals surface area (Å²) in [6.45, 7) is 6.54. The first-order valence-electron chi connectivity index (χ1n) is 12.6. The van der Waals surface area contributed by atoms with Crippen molar-refractivity contribution in [2.75, 3.05) is 0 Å². The Kier molecular flexibility index (Phi) is 7.43. The fourth-order valence-electron chi connectivity index (χ4n) is 4.67. The summed E-state index contributed by atoms with van der Waals surface area (Å²) in [6.07, 6.45) is 1.84. The van der Waals surface area contributed by atoms with Gasteiger partial charge >= 0.3 is 21.1 Å². The van der Waals surface area contributed by atoms with Crippen LogP contribution in [0.15, 0.2) is 113 Å². The van der Waals surface area contributed by atoms with Gasteiger partial charge in [-0.3, -0.25) is 0 Å². The predicted octanol–water partition coefficient (Wildman–Crippen LogP) is 7.70. The largest absolute Gasteiger partial charge is 2.00 e. The number of sulfone groups is 1. The third kappa shape index (κ3) is 5.10. The van der Waals surface area contributed by atoms with Crippen molar-refractivity contribution >= 4 is 31.6 Å². The monoisotopic (exact) mass is 725 g/mol. The zero-order chi connectivity index (χ0) is 27.2. The molecule has 40 heavy (non-hydrogen) atoms. The van der Waals surface area contributed by atoms with Gasteiger partial charge < -0.3 is 9.30 Å². The van der Waals surface area contributed by atoms with E-state index in [9.17, 15) is 8.42 Å². The van der Waals surface area contributed by atoms with Gasteiger partial charge in [0.25, 0.3) is 0 Å². The standard InChI is InChI=1S/C33H26N2O3S.Pt/c1-33(2,3)23-18-19-34-32(20-23)35-30-15-8-7-14-28(30)29-17-16-25(22-31(29)35)38-24-10-9-13-27(21-24)39(36,37)26-11-5-4-6-12-26;/h4-20H,1-3H3;/q-2;+2. The molecule has 0 aliphatic heterocycles. The average molecular weight is 726 g/mol. The molecule has 0 aliphatic carbocycles. The van der Waals surface area contributed by atoms with Gasteiger partial charge in [0.1, 0.15) is 5.82 Å². The molecule has 0 amide bonds. The average Bonchev–Trinajstić information content (AvgIpc) is 3.27. The Morgan fingerprint density at radius 3 is 2.27 bits per heavy atom. The minimum atomic E-state index is -3.72. The maximum Gasteiger partial charge on any atom is 2.00 e. The third-order valence-electron chi connectivity index (χ3n) is 6.70. The van der Waals surface area contributed by atoms with Gasteiger partial charge in [-0.15, -0.1) is 29.7 Å². The molecular weight excluding hydrogens is 700 g/mol. The van der Waals surface area contributed by atoms with Crippen molar-refractivity contribution < 1.29 is 34.2 Å². The van der Waals surface area contributed by atoms with Crippen molar-refractivity contribution in [3.63, 3.8) is 0 Å². The summed E-state index contributed by atoms with van der Waals surface area (Å²) in [5.74, 6) is 1.53. The van der Waals surface area contributed by atoms with Crippen LogP contribution < -0.4 is 4.74 Å². The van der Waals surface area contributed by atoms with E-state index in [1.54, 1.807) is 42.5 Å². The molecule has 0 spiro atoms. The first kappa shape index (κ1) is 27.8. The molecular formula is C33H26N2O3PtS. The second-order valence-corrected chi connectivity index (χ2v) is 12.3. The zero-order valence-electron chi connectivity index (χ0n) is 22.2. The first-order valence-corrected chi connectivity index (χ1v) is 14.1. The van der Waals surface area contributed by atoms with Crippen molar-refractivity contribution in [2.45, 2.75) is 36.0 Å². The maximum atomic E-state index is 13.1. The molecule has 202 valence electrons. The number of rotatable bonds is 5. The van der Waals surface area contributed by atoms with E-state index in [0.717, 1.165) is 27.6 Å². The fraction of sp³-hybridized carbons (Fsp3) is 0.121. The molecule has 0 atom stereocenters. The molecule has 2 aromatic heterocycles. The summed E-state index contributed by atoms with van der Waals surface area (Å²) in [6, 6.07) is 35.7. The number of aromatic nitrogens is 2. The minimum Gasteiger partial charge on any atom is -0.509 e. The smallest absolute Gasteiger partial charge is 0.509 e. The molecule has 0 fully saturated rings. The molecule has 0 bridgehead atoms. The molecule has 0 unspecified atom stereocenters. The minimum absolute atomic E-state index is 0. The van der Waals surface area contributed by atoms with Gasteiger partial charge in [-0.1, -0.05) is 62.7 Å². The summed E-state index contributed by atoms with van der Waals surface area (Å²) in [5.41, 5.74) is 2.98. The van der Waals surface area contributed by atoms with E-state index < -0.39 is 9.84 Å². The zero-order valence-corrected chi connectivity index (χ0v) is 25.2. The third-order valence-corrected chi connectivity index (χ3v) is 8.41. The Bertz CT molecular complexity index is 1940. The van der Waals surface area contributed by atoms with Crippen LogP contribution in [0.2, 0.25) is 0 Å². The molecule has 0 N–H and O–H groups in total. The second-order valence-electron chi connectivity index (χ2n) is 10.4. The normalized spacial score (nSPS) is 11.9. The van der Waals surface area contributed by atoms with E-state index >= 15 is 0 Å². The van der Waals surface area contributed by atoms with Gasteiger partial charge in [-0.2, -0.15) is 18.2 Å². The van der Waals surface area contributed by atoms with Crippen LogP contribution in [-0.4, -0.2) is 18.0 Å². The molecule has 0 aliphatic rings. The van der Waals surface area contributed by atoms with Crippen molar-refractivity contribution in [2.24, 2.45) is 0 Å². The van der Waals surface area contributed by atoms with Crippen LogP contribution in [0.1, 0.15) is 26.3 Å². The molecule has 6 rings (SSSR count). The number of pyridine rings is 1. The van der Waals surface area contributed by atoms with Gasteiger partial charge in [0, 0.05) is 23.2 Å². The SMILES string of the molecule is CC(C)(C)c1ccnc(-n2c3[c-]c(Oc4[c-]c(S(=O)(=O)c5ccccc5)ccc4)ccc3c3ccccc32)c1.[Pt+2]. The van der Waals surface area contributed by atoms with E-state index in [1.807, 2.05) is 36.5 Å². The van der Waals surface area contributed by atoms with Crippen LogP contribution in [0, 0.1) is 12.1 Å². The van der Waals surface area contributed by atoms with Crippen molar-refractivity contribution in [1.29, 1.82) is 0 Å². The van der Waals surface area contributed by atoms with Crippen LogP contribution >= 0.6 is 0 Å². The van der Waals surface area contributed by atoms with Crippen molar-refractivity contribution in [3.8, 4) is 17.3 Å². The predicted molar refractivity (Wildman–Crippen MR) is 153 cm³/mol. The van der Waals surface area contributed by atoms with Gasteiger partial charge in [0.05, 0.1) is 4.90 Å². The van der Waals surface area contributed by atoms with Crippen LogP contribution in [0.5, 0.6) is 11.5 Å². The Morgan fingerprint density at radius 2 is 1.50 bits per heavy atom. The number of hydrogen-bond acceptors (Lipinski definition) is 4. The summed E-state index contributed by atoms with van der Waals surface area (Å²) in [5, 5.41) is 2.10. The molecule has 0 saturated heterocycles. The Hall–Kier alpha value is -3.73. The number of hydrogen-bond donors (Lipinski definition) is 0. The Morgan fingerprint density at radius 1 is 0.775 bits per heavy atom. The van der Waals surface area contributed by atoms with E-state index in [0.29, 0.717) is 5.75 Å². The van der Waals surface area contributed by atoms with Gasteiger partial charge in [0.2, 0.25) is 0 Å². The van der Waals surface area contributed by atoms with Gasteiger partial charge in [0.15, 0.2) is 9.84 Å². The second kappa shape index (κ2) is 10.7. The Balaban J connectivity index is 0.00000323. The van der Waals surface area contributed by atoms with Crippen molar-refractivity contribution in [1.82, 2.24) is 9.55 Å². The topological polar surface area (TPSA) is 61.2 Å². The van der Waals surface area contributed by atoms with Gasteiger partial charge in [-0.25, -0.2) is 13.4 Å². The van der Waals surface area contributed by atoms with E-state index in [2.05, 4.69) is 55.7 Å². The van der Waals surface area contributed by atoms with Crippen LogP contribution in [0.4, 0.5) is 0 Å². The van der Waals surface area contributed by atoms with Crippen LogP contribution in [0.25, 0.3) is 27.6 Å².